The Morgan fingerprint density at radius 2 is 1.96 bits per heavy atom. The van der Waals surface area contributed by atoms with E-state index in [2.05, 4.69) is 10.2 Å². The number of rotatable bonds is 4. The maximum Gasteiger partial charge on any atom is 0.303 e. The summed E-state index contributed by atoms with van der Waals surface area (Å²) < 4.78 is 11.0. The van der Waals surface area contributed by atoms with Crippen LogP contribution >= 0.6 is 0 Å². The molecule has 0 radical (unpaired) electrons. The second kappa shape index (κ2) is 6.66. The van der Waals surface area contributed by atoms with Crippen LogP contribution in [0.5, 0.6) is 0 Å². The molecule has 1 aromatic carbocycles. The molecule has 132 valence electrons. The van der Waals surface area contributed by atoms with E-state index < -0.39 is 11.6 Å². The van der Waals surface area contributed by atoms with Gasteiger partial charge in [-0.05, 0) is 38.8 Å². The van der Waals surface area contributed by atoms with Gasteiger partial charge in [0.25, 0.3) is 5.91 Å². The summed E-state index contributed by atoms with van der Waals surface area (Å²) in [6.07, 6.45) is 1.56. The molecule has 25 heavy (non-hydrogen) atoms. The zero-order chi connectivity index (χ0) is 18.0. The summed E-state index contributed by atoms with van der Waals surface area (Å²) >= 11 is 0. The van der Waals surface area contributed by atoms with Crippen LogP contribution in [0, 0.1) is 0 Å². The quantitative estimate of drug-likeness (QED) is 0.794. The first kappa shape index (κ1) is 17.1. The Kier molecular flexibility index (Phi) is 4.57. The van der Waals surface area contributed by atoms with Gasteiger partial charge in [-0.2, -0.15) is 0 Å². The molecule has 1 fully saturated rings. The van der Waals surface area contributed by atoms with Crippen molar-refractivity contribution in [3.8, 4) is 11.5 Å². The molecule has 1 aliphatic heterocycles. The number of benzene rings is 1. The molecule has 0 aliphatic carbocycles. The summed E-state index contributed by atoms with van der Waals surface area (Å²) in [5, 5.41) is 8.23. The third kappa shape index (κ3) is 3.55. The lowest BCUT2D eigenvalue weighted by Gasteiger charge is -2.31. The lowest BCUT2D eigenvalue weighted by atomic mass is 10.1. The summed E-state index contributed by atoms with van der Waals surface area (Å²) in [5.74, 6) is 0.0837. The first-order valence-electron chi connectivity index (χ1n) is 8.28. The van der Waals surface area contributed by atoms with Gasteiger partial charge in [0.05, 0.1) is 0 Å². The van der Waals surface area contributed by atoms with E-state index in [-0.39, 0.29) is 11.9 Å². The minimum atomic E-state index is -1.23. The largest absolute Gasteiger partial charge is 0.450 e. The highest BCUT2D eigenvalue weighted by Gasteiger charge is 2.42. The predicted molar refractivity (Wildman–Crippen MR) is 89.3 cm³/mol. The Morgan fingerprint density at radius 3 is 2.64 bits per heavy atom. The van der Waals surface area contributed by atoms with Crippen molar-refractivity contribution in [2.24, 2.45) is 0 Å². The standard InChI is InChI=1S/C18H21N3O4/c1-12(22)25-18(2,3)17(23)21-11-7-10-14(21)16-20-19-15(24-16)13-8-5-4-6-9-13/h4-6,8-9,14H,7,10-11H2,1-3H3. The molecule has 0 bridgehead atoms. The number of hydrogen-bond donors (Lipinski definition) is 0. The van der Waals surface area contributed by atoms with Crippen LogP contribution in [0.25, 0.3) is 11.5 Å². The highest BCUT2D eigenvalue weighted by atomic mass is 16.6. The number of hydrogen-bond acceptors (Lipinski definition) is 6. The fourth-order valence-corrected chi connectivity index (χ4v) is 3.08. The lowest BCUT2D eigenvalue weighted by molar-refractivity contribution is -0.169. The van der Waals surface area contributed by atoms with Gasteiger partial charge in [-0.25, -0.2) is 0 Å². The molecule has 2 aromatic rings. The summed E-state index contributed by atoms with van der Waals surface area (Å²) in [6, 6.07) is 9.18. The fourth-order valence-electron chi connectivity index (χ4n) is 3.08. The number of amides is 1. The number of ether oxygens (including phenoxy) is 1. The first-order valence-corrected chi connectivity index (χ1v) is 8.28. The van der Waals surface area contributed by atoms with Crippen LogP contribution in [0.15, 0.2) is 34.7 Å². The van der Waals surface area contributed by atoms with Gasteiger partial charge in [-0.15, -0.1) is 10.2 Å². The Bertz CT molecular complexity index is 770. The average molecular weight is 343 g/mol. The SMILES string of the molecule is CC(=O)OC(C)(C)C(=O)N1CCCC1c1nnc(-c2ccccc2)o1. The molecule has 7 heteroatoms. The topological polar surface area (TPSA) is 85.5 Å². The highest BCUT2D eigenvalue weighted by molar-refractivity contribution is 5.87. The van der Waals surface area contributed by atoms with Crippen LogP contribution in [0.1, 0.15) is 45.5 Å². The van der Waals surface area contributed by atoms with Gasteiger partial charge < -0.3 is 14.1 Å². The smallest absolute Gasteiger partial charge is 0.303 e. The third-order valence-corrected chi connectivity index (χ3v) is 4.17. The molecule has 1 aromatic heterocycles. The van der Waals surface area contributed by atoms with E-state index in [4.69, 9.17) is 9.15 Å². The monoisotopic (exact) mass is 343 g/mol. The molecule has 0 spiro atoms. The van der Waals surface area contributed by atoms with Gasteiger partial charge in [-0.3, -0.25) is 9.59 Å². The van der Waals surface area contributed by atoms with Crippen LogP contribution in [-0.4, -0.2) is 39.1 Å². The molecule has 3 rings (SSSR count). The number of aromatic nitrogens is 2. The number of carbonyl (C=O) groups excluding carboxylic acids is 2. The van der Waals surface area contributed by atoms with Crippen LogP contribution in [0.4, 0.5) is 0 Å². The zero-order valence-electron chi connectivity index (χ0n) is 14.6. The second-order valence-electron chi connectivity index (χ2n) is 6.57. The Labute approximate surface area is 146 Å². The van der Waals surface area contributed by atoms with Crippen molar-refractivity contribution < 1.29 is 18.7 Å². The maximum absolute atomic E-state index is 12.8. The van der Waals surface area contributed by atoms with Crippen LogP contribution in [0.3, 0.4) is 0 Å². The van der Waals surface area contributed by atoms with E-state index in [0.29, 0.717) is 18.3 Å². The maximum atomic E-state index is 12.8. The molecule has 1 unspecified atom stereocenters. The predicted octanol–water partition coefficient (Wildman–Crippen LogP) is 2.74. The summed E-state index contributed by atoms with van der Waals surface area (Å²) in [5.41, 5.74) is -0.395. The van der Waals surface area contributed by atoms with Crippen LogP contribution in [-0.2, 0) is 14.3 Å². The summed E-state index contributed by atoms with van der Waals surface area (Å²) in [6.45, 7) is 5.04. The van der Waals surface area contributed by atoms with Gasteiger partial charge in [-0.1, -0.05) is 18.2 Å². The van der Waals surface area contributed by atoms with Gasteiger partial charge in [0, 0.05) is 19.0 Å². The Balaban J connectivity index is 1.81. The van der Waals surface area contributed by atoms with Crippen molar-refractivity contribution in [1.29, 1.82) is 0 Å². The molecule has 1 atom stereocenters. The van der Waals surface area contributed by atoms with Crippen molar-refractivity contribution in [3.63, 3.8) is 0 Å². The molecule has 0 N–H and O–H groups in total. The summed E-state index contributed by atoms with van der Waals surface area (Å²) in [4.78, 5) is 25.7. The fraction of sp³-hybridized carbons (Fsp3) is 0.444. The molecule has 7 nitrogen and oxygen atoms in total. The zero-order valence-corrected chi connectivity index (χ0v) is 14.6. The van der Waals surface area contributed by atoms with Gasteiger partial charge in [0.15, 0.2) is 5.60 Å². The number of esters is 1. The molecular weight excluding hydrogens is 322 g/mol. The Morgan fingerprint density at radius 1 is 1.24 bits per heavy atom. The van der Waals surface area contributed by atoms with Crippen molar-refractivity contribution in [2.45, 2.75) is 45.3 Å². The van der Waals surface area contributed by atoms with Gasteiger partial charge >= 0.3 is 5.97 Å². The second-order valence-corrected chi connectivity index (χ2v) is 6.57. The van der Waals surface area contributed by atoms with Crippen molar-refractivity contribution in [3.05, 3.63) is 36.2 Å². The lowest BCUT2D eigenvalue weighted by Crippen LogP contribution is -2.47. The van der Waals surface area contributed by atoms with Gasteiger partial charge in [0.2, 0.25) is 11.8 Å². The minimum Gasteiger partial charge on any atom is -0.450 e. The number of nitrogens with zero attached hydrogens (tertiary/aromatic N) is 3. The Hall–Kier alpha value is -2.70. The summed E-state index contributed by atoms with van der Waals surface area (Å²) in [7, 11) is 0. The minimum absolute atomic E-state index is 0.260. The van der Waals surface area contributed by atoms with E-state index in [1.165, 1.54) is 6.92 Å². The van der Waals surface area contributed by atoms with Crippen LogP contribution < -0.4 is 0 Å². The highest BCUT2D eigenvalue weighted by Crippen LogP contribution is 2.34. The number of likely N-dealkylation sites (tertiary alicyclic amines) is 1. The molecular formula is C18H21N3O4. The van der Waals surface area contributed by atoms with E-state index >= 15 is 0 Å². The van der Waals surface area contributed by atoms with Crippen molar-refractivity contribution in [2.75, 3.05) is 6.54 Å². The third-order valence-electron chi connectivity index (χ3n) is 4.17. The van der Waals surface area contributed by atoms with E-state index in [9.17, 15) is 9.59 Å². The van der Waals surface area contributed by atoms with Crippen LogP contribution in [0.2, 0.25) is 0 Å². The van der Waals surface area contributed by atoms with Gasteiger partial charge in [0.1, 0.15) is 6.04 Å². The first-order chi connectivity index (χ1) is 11.9. The molecule has 1 amide bonds. The molecule has 2 heterocycles. The average Bonchev–Trinajstić information content (AvgIpc) is 3.22. The molecule has 1 saturated heterocycles. The molecule has 1 aliphatic rings. The number of carbonyl (C=O) groups is 2. The van der Waals surface area contributed by atoms with E-state index in [0.717, 1.165) is 18.4 Å². The van der Waals surface area contributed by atoms with E-state index in [1.54, 1.807) is 18.7 Å². The van der Waals surface area contributed by atoms with Crippen molar-refractivity contribution >= 4 is 11.9 Å². The normalized spacial score (nSPS) is 17.6. The van der Waals surface area contributed by atoms with E-state index in [1.807, 2.05) is 30.3 Å². The molecule has 0 saturated carbocycles. The van der Waals surface area contributed by atoms with Crippen molar-refractivity contribution in [1.82, 2.24) is 15.1 Å².